The molecule has 0 spiro atoms. The first-order valence-corrected chi connectivity index (χ1v) is 5.48. The molecule has 1 aromatic rings. The van der Waals surface area contributed by atoms with Gasteiger partial charge >= 0.3 is 0 Å². The molecule has 84 valence electrons. The molecule has 1 aliphatic rings. The molecule has 0 saturated carbocycles. The molecule has 3 nitrogen and oxygen atoms in total. The fourth-order valence-corrected chi connectivity index (χ4v) is 2.08. The normalized spacial score (nSPS) is 19.1. The van der Waals surface area contributed by atoms with E-state index in [-0.39, 0.29) is 5.91 Å². The average molecular weight is 216 g/mol. The molecule has 0 fully saturated rings. The van der Waals surface area contributed by atoms with E-state index in [2.05, 4.69) is 4.98 Å². The third-order valence-electron chi connectivity index (χ3n) is 3.03. The quantitative estimate of drug-likeness (QED) is 0.810. The Kier molecular flexibility index (Phi) is 2.69. The van der Waals surface area contributed by atoms with Crippen LogP contribution < -0.4 is 0 Å². The summed E-state index contributed by atoms with van der Waals surface area (Å²) < 4.78 is 0. The van der Waals surface area contributed by atoms with Gasteiger partial charge in [0.1, 0.15) is 0 Å². The SMILES string of the molecule is CCC1=C(C)/C(=C/c2ccc[nH]2)N(C)C1=O. The second kappa shape index (κ2) is 4.00. The van der Waals surface area contributed by atoms with Crippen LogP contribution in [0.3, 0.4) is 0 Å². The molecule has 0 atom stereocenters. The number of allylic oxidation sites excluding steroid dienone is 1. The molecule has 3 heteroatoms. The van der Waals surface area contributed by atoms with Gasteiger partial charge in [-0.05, 0) is 37.1 Å². The van der Waals surface area contributed by atoms with Crippen LogP contribution in [0.15, 0.2) is 35.2 Å². The maximum Gasteiger partial charge on any atom is 0.254 e. The number of nitrogens with zero attached hydrogens (tertiary/aromatic N) is 1. The molecule has 2 heterocycles. The number of aromatic amines is 1. The zero-order chi connectivity index (χ0) is 11.7. The van der Waals surface area contributed by atoms with Crippen LogP contribution in [0.2, 0.25) is 0 Å². The fourth-order valence-electron chi connectivity index (χ4n) is 2.08. The van der Waals surface area contributed by atoms with E-state index in [1.807, 2.05) is 45.3 Å². The van der Waals surface area contributed by atoms with Gasteiger partial charge in [-0.2, -0.15) is 0 Å². The van der Waals surface area contributed by atoms with Crippen molar-refractivity contribution in [3.05, 3.63) is 40.9 Å². The van der Waals surface area contributed by atoms with Crippen molar-refractivity contribution in [3.8, 4) is 0 Å². The number of hydrogen-bond acceptors (Lipinski definition) is 1. The smallest absolute Gasteiger partial charge is 0.254 e. The predicted molar refractivity (Wildman–Crippen MR) is 64.5 cm³/mol. The monoisotopic (exact) mass is 216 g/mol. The zero-order valence-electron chi connectivity index (χ0n) is 9.87. The number of rotatable bonds is 2. The van der Waals surface area contributed by atoms with Gasteiger partial charge in [0, 0.05) is 30.2 Å². The average Bonchev–Trinajstić information content (AvgIpc) is 2.83. The highest BCUT2D eigenvalue weighted by molar-refractivity contribution is 6.00. The first kappa shape index (κ1) is 10.7. The summed E-state index contributed by atoms with van der Waals surface area (Å²) in [6, 6.07) is 3.94. The van der Waals surface area contributed by atoms with Crippen LogP contribution in [-0.2, 0) is 4.79 Å². The van der Waals surface area contributed by atoms with Gasteiger partial charge in [-0.25, -0.2) is 0 Å². The number of carbonyl (C=O) groups is 1. The predicted octanol–water partition coefficient (Wildman–Crippen LogP) is 2.55. The molecule has 2 rings (SSSR count). The Morgan fingerprint density at radius 2 is 2.25 bits per heavy atom. The van der Waals surface area contributed by atoms with Crippen molar-refractivity contribution in [3.63, 3.8) is 0 Å². The maximum absolute atomic E-state index is 11.9. The lowest BCUT2D eigenvalue weighted by molar-refractivity contribution is -0.123. The molecule has 0 bridgehead atoms. The minimum Gasteiger partial charge on any atom is -0.362 e. The molecule has 1 amide bonds. The molecule has 0 radical (unpaired) electrons. The van der Waals surface area contributed by atoms with Gasteiger partial charge in [0.15, 0.2) is 0 Å². The number of carbonyl (C=O) groups excluding carboxylic acids is 1. The second-order valence-electron chi connectivity index (χ2n) is 3.98. The van der Waals surface area contributed by atoms with E-state index in [0.29, 0.717) is 0 Å². The third kappa shape index (κ3) is 1.58. The summed E-state index contributed by atoms with van der Waals surface area (Å²) in [5, 5.41) is 0. The van der Waals surface area contributed by atoms with Crippen molar-refractivity contribution >= 4 is 12.0 Å². The van der Waals surface area contributed by atoms with Crippen molar-refractivity contribution in [2.24, 2.45) is 0 Å². The highest BCUT2D eigenvalue weighted by Gasteiger charge is 2.28. The van der Waals surface area contributed by atoms with Gasteiger partial charge in [-0.3, -0.25) is 4.79 Å². The highest BCUT2D eigenvalue weighted by Crippen LogP contribution is 2.30. The molecular formula is C13H16N2O. The fraction of sp³-hybridized carbons (Fsp3) is 0.308. The number of aromatic nitrogens is 1. The van der Waals surface area contributed by atoms with Gasteiger partial charge in [0.25, 0.3) is 5.91 Å². The molecule has 0 aromatic carbocycles. The van der Waals surface area contributed by atoms with E-state index in [1.165, 1.54) is 0 Å². The van der Waals surface area contributed by atoms with Crippen molar-refractivity contribution < 1.29 is 4.79 Å². The van der Waals surface area contributed by atoms with E-state index >= 15 is 0 Å². The van der Waals surface area contributed by atoms with Crippen LogP contribution in [0.4, 0.5) is 0 Å². The third-order valence-corrected chi connectivity index (χ3v) is 3.03. The summed E-state index contributed by atoms with van der Waals surface area (Å²) in [5.74, 6) is 0.123. The molecule has 1 aliphatic heterocycles. The van der Waals surface area contributed by atoms with Crippen LogP contribution in [0.1, 0.15) is 26.0 Å². The van der Waals surface area contributed by atoms with Gasteiger partial charge < -0.3 is 9.88 Å². The Bertz CT molecular complexity index is 466. The molecule has 16 heavy (non-hydrogen) atoms. The van der Waals surface area contributed by atoms with Crippen LogP contribution >= 0.6 is 0 Å². The van der Waals surface area contributed by atoms with Gasteiger partial charge in [0.2, 0.25) is 0 Å². The lowest BCUT2D eigenvalue weighted by atomic mass is 10.1. The van der Waals surface area contributed by atoms with E-state index in [1.54, 1.807) is 4.90 Å². The summed E-state index contributed by atoms with van der Waals surface area (Å²) >= 11 is 0. The summed E-state index contributed by atoms with van der Waals surface area (Å²) in [6.45, 7) is 4.02. The minimum absolute atomic E-state index is 0.123. The van der Waals surface area contributed by atoms with Crippen LogP contribution in [0.25, 0.3) is 6.08 Å². The van der Waals surface area contributed by atoms with Gasteiger partial charge in [-0.1, -0.05) is 6.92 Å². The summed E-state index contributed by atoms with van der Waals surface area (Å²) in [6.07, 6.45) is 4.68. The lowest BCUT2D eigenvalue weighted by Crippen LogP contribution is -2.20. The van der Waals surface area contributed by atoms with Crippen LogP contribution in [0, 0.1) is 0 Å². The second-order valence-corrected chi connectivity index (χ2v) is 3.98. The first-order valence-electron chi connectivity index (χ1n) is 5.48. The molecule has 0 saturated heterocycles. The maximum atomic E-state index is 11.9. The Balaban J connectivity index is 2.43. The van der Waals surface area contributed by atoms with Crippen LogP contribution in [-0.4, -0.2) is 22.8 Å². The van der Waals surface area contributed by atoms with E-state index < -0.39 is 0 Å². The number of nitrogens with one attached hydrogen (secondary N) is 1. The number of likely N-dealkylation sites (N-methyl/N-ethyl adjacent to an activating group) is 1. The van der Waals surface area contributed by atoms with E-state index in [4.69, 9.17) is 0 Å². The van der Waals surface area contributed by atoms with Crippen LogP contribution in [0.5, 0.6) is 0 Å². The van der Waals surface area contributed by atoms with Crippen molar-refractivity contribution in [1.82, 2.24) is 9.88 Å². The van der Waals surface area contributed by atoms with E-state index in [0.717, 1.165) is 29.0 Å². The van der Waals surface area contributed by atoms with Crippen molar-refractivity contribution in [1.29, 1.82) is 0 Å². The molecule has 0 unspecified atom stereocenters. The summed E-state index contributed by atoms with van der Waals surface area (Å²) in [7, 11) is 1.82. The topological polar surface area (TPSA) is 36.1 Å². The number of amides is 1. The largest absolute Gasteiger partial charge is 0.362 e. The van der Waals surface area contributed by atoms with E-state index in [9.17, 15) is 4.79 Å². The Morgan fingerprint density at radius 3 is 2.75 bits per heavy atom. The Labute approximate surface area is 95.5 Å². The van der Waals surface area contributed by atoms with Gasteiger partial charge in [0.05, 0.1) is 0 Å². The Morgan fingerprint density at radius 1 is 1.50 bits per heavy atom. The summed E-state index contributed by atoms with van der Waals surface area (Å²) in [4.78, 5) is 16.7. The molecule has 1 N–H and O–H groups in total. The minimum atomic E-state index is 0.123. The molecule has 1 aromatic heterocycles. The first-order chi connectivity index (χ1) is 7.65. The zero-order valence-corrected chi connectivity index (χ0v) is 9.87. The Hall–Kier alpha value is -1.77. The van der Waals surface area contributed by atoms with Gasteiger partial charge in [-0.15, -0.1) is 0 Å². The number of H-pyrrole nitrogens is 1. The highest BCUT2D eigenvalue weighted by atomic mass is 16.2. The van der Waals surface area contributed by atoms with Crippen molar-refractivity contribution in [2.45, 2.75) is 20.3 Å². The number of hydrogen-bond donors (Lipinski definition) is 1. The standard InChI is InChI=1S/C13H16N2O/c1-4-11-9(2)12(15(3)13(11)16)8-10-6-5-7-14-10/h5-8,14H,4H2,1-3H3/b12-8-. The lowest BCUT2D eigenvalue weighted by Gasteiger charge is -2.12. The van der Waals surface area contributed by atoms with Crippen molar-refractivity contribution in [2.75, 3.05) is 7.05 Å². The molecular weight excluding hydrogens is 200 g/mol. The molecule has 0 aliphatic carbocycles. The summed E-state index contributed by atoms with van der Waals surface area (Å²) in [5.41, 5.74) is 4.01.